The van der Waals surface area contributed by atoms with Crippen molar-refractivity contribution in [3.05, 3.63) is 53.5 Å². The molecule has 9 heteroatoms. The van der Waals surface area contributed by atoms with Crippen LogP contribution in [0.1, 0.15) is 42.5 Å². The van der Waals surface area contributed by atoms with Crippen LogP contribution in [0.5, 0.6) is 0 Å². The van der Waals surface area contributed by atoms with E-state index < -0.39 is 34.2 Å². The first-order chi connectivity index (χ1) is 13.0. The molecule has 28 heavy (non-hydrogen) atoms. The van der Waals surface area contributed by atoms with Crippen molar-refractivity contribution in [1.82, 2.24) is 4.72 Å². The van der Waals surface area contributed by atoms with Crippen molar-refractivity contribution >= 4 is 22.0 Å². The molecule has 2 aromatic rings. The van der Waals surface area contributed by atoms with Crippen LogP contribution in [0.15, 0.2) is 45.9 Å². The van der Waals surface area contributed by atoms with Crippen LogP contribution in [-0.4, -0.2) is 32.6 Å². The molecule has 0 amide bonds. The van der Waals surface area contributed by atoms with Gasteiger partial charge in [-0.05, 0) is 57.5 Å². The molecule has 0 spiro atoms. The normalized spacial score (nSPS) is 11.9. The Hall–Kier alpha value is -2.65. The maximum atomic E-state index is 12.5. The predicted molar refractivity (Wildman–Crippen MR) is 100 cm³/mol. The minimum absolute atomic E-state index is 0.0262. The highest BCUT2D eigenvalue weighted by Crippen LogP contribution is 2.17. The van der Waals surface area contributed by atoms with Crippen LogP contribution < -0.4 is 4.72 Å². The van der Waals surface area contributed by atoms with Gasteiger partial charge in [-0.15, -0.1) is 0 Å². The quantitative estimate of drug-likeness (QED) is 0.700. The standard InChI is InChI=1S/C19H23NO7S/c1-13-7-8-15(28(23,24)20-11-14-6-5-9-25-14)10-16(13)18(22)26-12-17(21)27-19(2,3)4/h5-10,20H,11-12H2,1-4H3. The van der Waals surface area contributed by atoms with Gasteiger partial charge in [-0.3, -0.25) is 0 Å². The van der Waals surface area contributed by atoms with Gasteiger partial charge in [0, 0.05) is 0 Å². The highest BCUT2D eigenvalue weighted by Gasteiger charge is 2.21. The van der Waals surface area contributed by atoms with Gasteiger partial charge in [0.2, 0.25) is 10.0 Å². The lowest BCUT2D eigenvalue weighted by Gasteiger charge is -2.19. The van der Waals surface area contributed by atoms with Gasteiger partial charge in [0.25, 0.3) is 0 Å². The summed E-state index contributed by atoms with van der Waals surface area (Å²) in [5.41, 5.74) is -0.142. The fourth-order valence-corrected chi connectivity index (χ4v) is 3.24. The van der Waals surface area contributed by atoms with Gasteiger partial charge in [0.1, 0.15) is 11.4 Å². The summed E-state index contributed by atoms with van der Waals surface area (Å²) in [5.74, 6) is -1.05. The molecule has 8 nitrogen and oxygen atoms in total. The number of hydrogen-bond acceptors (Lipinski definition) is 7. The lowest BCUT2D eigenvalue weighted by atomic mass is 10.1. The van der Waals surface area contributed by atoms with Gasteiger partial charge >= 0.3 is 11.9 Å². The molecule has 0 aliphatic carbocycles. The van der Waals surface area contributed by atoms with Crippen molar-refractivity contribution in [2.75, 3.05) is 6.61 Å². The van der Waals surface area contributed by atoms with E-state index in [4.69, 9.17) is 13.9 Å². The largest absolute Gasteiger partial charge is 0.468 e. The van der Waals surface area contributed by atoms with Crippen molar-refractivity contribution in [3.63, 3.8) is 0 Å². The number of carbonyl (C=O) groups excluding carboxylic acids is 2. The van der Waals surface area contributed by atoms with Crippen LogP contribution in [0.4, 0.5) is 0 Å². The molecule has 0 radical (unpaired) electrons. The minimum atomic E-state index is -3.87. The van der Waals surface area contributed by atoms with Crippen LogP contribution in [0, 0.1) is 6.92 Å². The topological polar surface area (TPSA) is 112 Å². The smallest absolute Gasteiger partial charge is 0.344 e. The van der Waals surface area contributed by atoms with E-state index in [-0.39, 0.29) is 17.0 Å². The van der Waals surface area contributed by atoms with E-state index in [0.717, 1.165) is 0 Å². The Morgan fingerprint density at radius 3 is 2.50 bits per heavy atom. The zero-order valence-electron chi connectivity index (χ0n) is 16.1. The highest BCUT2D eigenvalue weighted by atomic mass is 32.2. The molecule has 1 aromatic carbocycles. The summed E-state index contributed by atoms with van der Waals surface area (Å²) in [7, 11) is -3.87. The number of carbonyl (C=O) groups is 2. The van der Waals surface area contributed by atoms with Crippen molar-refractivity contribution < 1.29 is 31.9 Å². The van der Waals surface area contributed by atoms with Crippen LogP contribution in [0.3, 0.4) is 0 Å². The number of sulfonamides is 1. The third-order valence-electron chi connectivity index (χ3n) is 3.50. The molecule has 0 aliphatic heterocycles. The number of benzene rings is 1. The van der Waals surface area contributed by atoms with Crippen LogP contribution in [-0.2, 0) is 30.8 Å². The molecule has 1 heterocycles. The fraction of sp³-hybridized carbons (Fsp3) is 0.368. The second kappa shape index (κ2) is 8.57. The molecule has 2 rings (SSSR count). The molecule has 0 saturated carbocycles. The van der Waals surface area contributed by atoms with Crippen molar-refractivity contribution in [1.29, 1.82) is 0 Å². The number of nitrogens with one attached hydrogen (secondary N) is 1. The van der Waals surface area contributed by atoms with Gasteiger partial charge < -0.3 is 13.9 Å². The van der Waals surface area contributed by atoms with E-state index in [9.17, 15) is 18.0 Å². The Morgan fingerprint density at radius 2 is 1.89 bits per heavy atom. The van der Waals surface area contributed by atoms with E-state index in [1.165, 1.54) is 24.5 Å². The van der Waals surface area contributed by atoms with Gasteiger partial charge in [0.15, 0.2) is 6.61 Å². The average Bonchev–Trinajstić information content (AvgIpc) is 3.10. The van der Waals surface area contributed by atoms with Gasteiger partial charge in [-0.2, -0.15) is 0 Å². The van der Waals surface area contributed by atoms with Crippen LogP contribution in [0.25, 0.3) is 0 Å². The number of esters is 2. The van der Waals surface area contributed by atoms with Gasteiger partial charge in [0.05, 0.1) is 23.3 Å². The molecule has 0 bridgehead atoms. The second-order valence-electron chi connectivity index (χ2n) is 7.04. The zero-order chi connectivity index (χ0) is 20.9. The maximum absolute atomic E-state index is 12.5. The summed E-state index contributed by atoms with van der Waals surface area (Å²) in [6.45, 7) is 6.13. The molecule has 152 valence electrons. The fourth-order valence-electron chi connectivity index (χ4n) is 2.22. The summed E-state index contributed by atoms with van der Waals surface area (Å²) in [6.07, 6.45) is 1.44. The Morgan fingerprint density at radius 1 is 1.18 bits per heavy atom. The molecular formula is C19H23NO7S. The van der Waals surface area contributed by atoms with E-state index >= 15 is 0 Å². The third-order valence-corrected chi connectivity index (χ3v) is 4.90. The van der Waals surface area contributed by atoms with E-state index in [1.807, 2.05) is 0 Å². The first kappa shape index (κ1) is 21.6. The van der Waals surface area contributed by atoms with Crippen molar-refractivity contribution in [2.24, 2.45) is 0 Å². The Labute approximate surface area is 163 Å². The molecular weight excluding hydrogens is 386 g/mol. The first-order valence-electron chi connectivity index (χ1n) is 8.49. The average molecular weight is 409 g/mol. The van der Waals surface area contributed by atoms with E-state index in [1.54, 1.807) is 39.8 Å². The summed E-state index contributed by atoms with van der Waals surface area (Å²) in [4.78, 5) is 23.9. The summed E-state index contributed by atoms with van der Waals surface area (Å²) in [6, 6.07) is 7.36. The minimum Gasteiger partial charge on any atom is -0.468 e. The Kier molecular flexibility index (Phi) is 6.63. The molecule has 0 saturated heterocycles. The molecule has 1 aromatic heterocycles. The lowest BCUT2D eigenvalue weighted by Crippen LogP contribution is -2.27. The number of ether oxygens (including phenoxy) is 2. The van der Waals surface area contributed by atoms with Crippen LogP contribution >= 0.6 is 0 Å². The SMILES string of the molecule is Cc1ccc(S(=O)(=O)NCc2ccco2)cc1C(=O)OCC(=O)OC(C)(C)C. The summed E-state index contributed by atoms with van der Waals surface area (Å²) < 4.78 is 42.4. The summed E-state index contributed by atoms with van der Waals surface area (Å²) in [5, 5.41) is 0. The highest BCUT2D eigenvalue weighted by molar-refractivity contribution is 7.89. The van der Waals surface area contributed by atoms with Crippen LogP contribution in [0.2, 0.25) is 0 Å². The van der Waals surface area contributed by atoms with Crippen molar-refractivity contribution in [2.45, 2.75) is 44.7 Å². The van der Waals surface area contributed by atoms with Gasteiger partial charge in [-0.25, -0.2) is 22.7 Å². The zero-order valence-corrected chi connectivity index (χ0v) is 17.0. The lowest BCUT2D eigenvalue weighted by molar-refractivity contribution is -0.158. The third kappa shape index (κ3) is 6.21. The number of aryl methyl sites for hydroxylation is 1. The molecule has 0 aliphatic rings. The Bertz CT molecular complexity index is 941. The number of hydrogen-bond donors (Lipinski definition) is 1. The molecule has 0 atom stereocenters. The summed E-state index contributed by atoms with van der Waals surface area (Å²) >= 11 is 0. The first-order valence-corrected chi connectivity index (χ1v) is 9.98. The number of rotatable bonds is 7. The predicted octanol–water partition coefficient (Wildman–Crippen LogP) is 2.57. The number of furan rings is 1. The Balaban J connectivity index is 2.09. The molecule has 0 fully saturated rings. The van der Waals surface area contributed by atoms with E-state index in [2.05, 4.69) is 4.72 Å². The second-order valence-corrected chi connectivity index (χ2v) is 8.81. The van der Waals surface area contributed by atoms with E-state index in [0.29, 0.717) is 11.3 Å². The monoisotopic (exact) mass is 409 g/mol. The van der Waals surface area contributed by atoms with Gasteiger partial charge in [-0.1, -0.05) is 6.07 Å². The molecule has 0 unspecified atom stereocenters. The molecule has 1 N–H and O–H groups in total. The van der Waals surface area contributed by atoms with Crippen molar-refractivity contribution in [3.8, 4) is 0 Å². The maximum Gasteiger partial charge on any atom is 0.344 e.